The molecule has 0 fully saturated rings. The highest BCUT2D eigenvalue weighted by Gasteiger charge is 2.04. The number of hydrogen-bond donors (Lipinski definition) is 1. The van der Waals surface area contributed by atoms with E-state index in [0.29, 0.717) is 0 Å². The molecule has 1 N–H and O–H groups in total. The number of aromatic nitrogens is 2. The van der Waals surface area contributed by atoms with Crippen LogP contribution in [0.5, 0.6) is 0 Å². The minimum atomic E-state index is -0.926. The molecule has 2 rings (SSSR count). The highest BCUT2D eigenvalue weighted by atomic mass is 32.2. The molecule has 0 saturated heterocycles. The van der Waals surface area contributed by atoms with Crippen LogP contribution in [-0.2, 0) is 0 Å². The van der Waals surface area contributed by atoms with Gasteiger partial charge in [0, 0.05) is 11.1 Å². The van der Waals surface area contributed by atoms with Crippen molar-refractivity contribution < 1.29 is 9.90 Å². The van der Waals surface area contributed by atoms with Crippen molar-refractivity contribution in [1.82, 2.24) is 9.97 Å². The molecule has 0 spiro atoms. The van der Waals surface area contributed by atoms with Gasteiger partial charge in [-0.15, -0.1) is 0 Å². The second-order valence-corrected chi connectivity index (χ2v) is 4.08. The first-order chi connectivity index (χ1) is 7.75. The van der Waals surface area contributed by atoms with Gasteiger partial charge in [0.1, 0.15) is 11.4 Å². The second-order valence-electron chi connectivity index (χ2n) is 2.98. The molecule has 80 valence electrons. The average molecular weight is 232 g/mol. The number of benzene rings is 1. The van der Waals surface area contributed by atoms with Gasteiger partial charge in [0.25, 0.3) is 0 Å². The molecule has 0 atom stereocenters. The third kappa shape index (κ3) is 2.58. The summed E-state index contributed by atoms with van der Waals surface area (Å²) < 4.78 is 0. The Balaban J connectivity index is 2.22. The second kappa shape index (κ2) is 4.76. The van der Waals surface area contributed by atoms with Gasteiger partial charge in [0.05, 0.1) is 5.56 Å². The molecule has 0 radical (unpaired) electrons. The Kier molecular flexibility index (Phi) is 3.16. The number of carboxylic acid groups (broad SMARTS) is 1. The molecule has 16 heavy (non-hydrogen) atoms. The summed E-state index contributed by atoms with van der Waals surface area (Å²) in [7, 11) is 0. The summed E-state index contributed by atoms with van der Waals surface area (Å²) in [5.41, 5.74) is 0.277. The lowest BCUT2D eigenvalue weighted by Gasteiger charge is -2.01. The van der Waals surface area contributed by atoms with Crippen LogP contribution >= 0.6 is 11.8 Å². The van der Waals surface area contributed by atoms with E-state index in [-0.39, 0.29) is 5.56 Å². The van der Waals surface area contributed by atoms with E-state index in [1.54, 1.807) is 30.5 Å². The Morgan fingerprint density at radius 3 is 2.88 bits per heavy atom. The summed E-state index contributed by atoms with van der Waals surface area (Å²) in [5, 5.41) is 9.63. The number of carbonyl (C=O) groups is 1. The van der Waals surface area contributed by atoms with Gasteiger partial charge in [-0.25, -0.2) is 14.8 Å². The molecule has 0 aliphatic rings. The van der Waals surface area contributed by atoms with E-state index < -0.39 is 5.97 Å². The largest absolute Gasteiger partial charge is 0.478 e. The van der Waals surface area contributed by atoms with Gasteiger partial charge >= 0.3 is 5.97 Å². The maximum Gasteiger partial charge on any atom is 0.335 e. The lowest BCUT2D eigenvalue weighted by Crippen LogP contribution is -1.95. The molecule has 0 aliphatic heterocycles. The first-order valence-electron chi connectivity index (χ1n) is 4.53. The van der Waals surface area contributed by atoms with Gasteiger partial charge in [0.2, 0.25) is 0 Å². The van der Waals surface area contributed by atoms with E-state index in [0.717, 1.165) is 9.92 Å². The van der Waals surface area contributed by atoms with Crippen molar-refractivity contribution >= 4 is 17.7 Å². The van der Waals surface area contributed by atoms with Crippen molar-refractivity contribution in [2.75, 3.05) is 0 Å². The summed E-state index contributed by atoms with van der Waals surface area (Å²) in [6.07, 6.45) is 3.11. The third-order valence-corrected chi connectivity index (χ3v) is 2.80. The van der Waals surface area contributed by atoms with Gasteiger partial charge in [-0.3, -0.25) is 0 Å². The first-order valence-corrected chi connectivity index (χ1v) is 5.34. The number of rotatable bonds is 3. The van der Waals surface area contributed by atoms with Crippen molar-refractivity contribution in [3.8, 4) is 0 Å². The van der Waals surface area contributed by atoms with Crippen LogP contribution in [0.15, 0.2) is 52.8 Å². The molecule has 1 aromatic heterocycles. The monoisotopic (exact) mass is 232 g/mol. The smallest absolute Gasteiger partial charge is 0.335 e. The van der Waals surface area contributed by atoms with Crippen LogP contribution in [0.4, 0.5) is 0 Å². The fourth-order valence-electron chi connectivity index (χ4n) is 1.15. The van der Waals surface area contributed by atoms with Gasteiger partial charge in [-0.2, -0.15) is 0 Å². The van der Waals surface area contributed by atoms with Crippen LogP contribution in [-0.4, -0.2) is 21.0 Å². The van der Waals surface area contributed by atoms with Gasteiger partial charge in [0.15, 0.2) is 0 Å². The first kappa shape index (κ1) is 10.6. The molecular formula is C11H8N2O2S. The number of carboxylic acids is 1. The predicted octanol–water partition coefficient (Wildman–Crippen LogP) is 2.33. The van der Waals surface area contributed by atoms with E-state index in [1.165, 1.54) is 18.1 Å². The molecular weight excluding hydrogens is 224 g/mol. The highest BCUT2D eigenvalue weighted by Crippen LogP contribution is 2.25. The van der Waals surface area contributed by atoms with Crippen LogP contribution < -0.4 is 0 Å². The van der Waals surface area contributed by atoms with Crippen LogP contribution in [0.3, 0.4) is 0 Å². The zero-order valence-electron chi connectivity index (χ0n) is 8.20. The number of aromatic carboxylic acids is 1. The van der Waals surface area contributed by atoms with E-state index in [4.69, 9.17) is 5.11 Å². The Hall–Kier alpha value is -1.88. The molecule has 5 heteroatoms. The summed E-state index contributed by atoms with van der Waals surface area (Å²) >= 11 is 1.40. The molecule has 1 heterocycles. The van der Waals surface area contributed by atoms with Crippen molar-refractivity contribution in [2.45, 2.75) is 9.92 Å². The molecule has 0 aliphatic carbocycles. The standard InChI is InChI=1S/C11H8N2O2S/c14-11(15)8-2-1-3-9(6-8)16-10-4-5-12-7-13-10/h1-7H,(H,14,15). The molecule has 0 amide bonds. The fourth-order valence-corrected chi connectivity index (χ4v) is 1.96. The summed E-state index contributed by atoms with van der Waals surface area (Å²) in [5.74, 6) is -0.926. The maximum atomic E-state index is 10.8. The Morgan fingerprint density at radius 1 is 1.31 bits per heavy atom. The maximum absolute atomic E-state index is 10.8. The van der Waals surface area contributed by atoms with E-state index in [1.807, 2.05) is 6.07 Å². The van der Waals surface area contributed by atoms with E-state index >= 15 is 0 Å². The van der Waals surface area contributed by atoms with Crippen LogP contribution in [0, 0.1) is 0 Å². The zero-order valence-corrected chi connectivity index (χ0v) is 9.02. The Morgan fingerprint density at radius 2 is 2.19 bits per heavy atom. The summed E-state index contributed by atoms with van der Waals surface area (Å²) in [6, 6.07) is 8.52. The molecule has 1 aromatic carbocycles. The van der Waals surface area contributed by atoms with Gasteiger partial charge < -0.3 is 5.11 Å². The molecule has 0 unspecified atom stereocenters. The van der Waals surface area contributed by atoms with Crippen molar-refractivity contribution in [2.24, 2.45) is 0 Å². The Labute approximate surface area is 96.4 Å². The van der Waals surface area contributed by atoms with Crippen molar-refractivity contribution in [1.29, 1.82) is 0 Å². The zero-order chi connectivity index (χ0) is 11.4. The number of nitrogens with zero attached hydrogens (tertiary/aromatic N) is 2. The SMILES string of the molecule is O=C(O)c1cccc(Sc2ccncn2)c1. The minimum Gasteiger partial charge on any atom is -0.478 e. The average Bonchev–Trinajstić information content (AvgIpc) is 2.30. The normalized spacial score (nSPS) is 10.0. The van der Waals surface area contributed by atoms with Crippen molar-refractivity contribution in [3.63, 3.8) is 0 Å². The van der Waals surface area contributed by atoms with Crippen LogP contribution in [0.25, 0.3) is 0 Å². The van der Waals surface area contributed by atoms with E-state index in [2.05, 4.69) is 9.97 Å². The van der Waals surface area contributed by atoms with Crippen LogP contribution in [0.1, 0.15) is 10.4 Å². The minimum absolute atomic E-state index is 0.277. The summed E-state index contributed by atoms with van der Waals surface area (Å²) in [4.78, 5) is 19.5. The molecule has 0 bridgehead atoms. The molecule has 4 nitrogen and oxygen atoms in total. The number of hydrogen-bond acceptors (Lipinski definition) is 4. The molecule has 2 aromatic rings. The van der Waals surface area contributed by atoms with E-state index in [9.17, 15) is 4.79 Å². The summed E-state index contributed by atoms with van der Waals surface area (Å²) in [6.45, 7) is 0. The fraction of sp³-hybridized carbons (Fsp3) is 0. The highest BCUT2D eigenvalue weighted by molar-refractivity contribution is 7.99. The Bertz CT molecular complexity index is 502. The van der Waals surface area contributed by atoms with Gasteiger partial charge in [-0.1, -0.05) is 17.8 Å². The van der Waals surface area contributed by atoms with Gasteiger partial charge in [-0.05, 0) is 24.3 Å². The lowest BCUT2D eigenvalue weighted by atomic mass is 10.2. The van der Waals surface area contributed by atoms with Crippen LogP contribution in [0.2, 0.25) is 0 Å². The van der Waals surface area contributed by atoms with Crippen molar-refractivity contribution in [3.05, 3.63) is 48.4 Å². The molecule has 0 saturated carbocycles. The lowest BCUT2D eigenvalue weighted by molar-refractivity contribution is 0.0696. The third-order valence-electron chi connectivity index (χ3n) is 1.86. The topological polar surface area (TPSA) is 63.1 Å². The predicted molar refractivity (Wildman–Crippen MR) is 59.6 cm³/mol. The quantitative estimate of drug-likeness (QED) is 0.823.